The van der Waals surface area contributed by atoms with Crippen molar-refractivity contribution in [1.29, 1.82) is 0 Å². The van der Waals surface area contributed by atoms with Gasteiger partial charge in [-0.2, -0.15) is 0 Å². The van der Waals surface area contributed by atoms with E-state index in [-0.39, 0.29) is 6.04 Å². The van der Waals surface area contributed by atoms with Crippen LogP contribution >= 0.6 is 0 Å². The van der Waals surface area contributed by atoms with Crippen LogP contribution in [0.1, 0.15) is 37.8 Å². The van der Waals surface area contributed by atoms with Crippen LogP contribution in [0.2, 0.25) is 0 Å². The highest BCUT2D eigenvalue weighted by atomic mass is 15.0. The zero-order chi connectivity index (χ0) is 20.4. The number of fused-ring (bicyclic) bond motifs is 1. The van der Waals surface area contributed by atoms with Crippen molar-refractivity contribution < 1.29 is 0 Å². The molecular formula is C27H30N2. The Hall–Kier alpha value is -3.00. The SMILES string of the molecule is CC1=CC(c2ccccc2)C2C=CC(/C(=C\C(C)C)c3ccccc3)=C(N)C2N1. The maximum absolute atomic E-state index is 6.85. The molecule has 2 heteroatoms. The highest BCUT2D eigenvalue weighted by Crippen LogP contribution is 2.41. The summed E-state index contributed by atoms with van der Waals surface area (Å²) in [5, 5.41) is 3.66. The van der Waals surface area contributed by atoms with Crippen molar-refractivity contribution in [1.82, 2.24) is 5.32 Å². The van der Waals surface area contributed by atoms with E-state index in [0.717, 1.165) is 11.3 Å². The number of nitrogens with two attached hydrogens (primary N) is 1. The highest BCUT2D eigenvalue weighted by molar-refractivity contribution is 5.83. The lowest BCUT2D eigenvalue weighted by Crippen LogP contribution is -2.46. The van der Waals surface area contributed by atoms with Gasteiger partial charge in [-0.3, -0.25) is 0 Å². The summed E-state index contributed by atoms with van der Waals surface area (Å²) in [6.07, 6.45) is 9.24. The van der Waals surface area contributed by atoms with Crippen LogP contribution in [0.4, 0.5) is 0 Å². The van der Waals surface area contributed by atoms with E-state index in [1.165, 1.54) is 22.4 Å². The van der Waals surface area contributed by atoms with E-state index in [1.807, 2.05) is 0 Å². The summed E-state index contributed by atoms with van der Waals surface area (Å²) < 4.78 is 0. The van der Waals surface area contributed by atoms with Gasteiger partial charge in [0.25, 0.3) is 0 Å². The van der Waals surface area contributed by atoms with Gasteiger partial charge in [0, 0.05) is 28.8 Å². The Balaban J connectivity index is 1.76. The van der Waals surface area contributed by atoms with E-state index < -0.39 is 0 Å². The number of nitrogens with one attached hydrogen (secondary N) is 1. The highest BCUT2D eigenvalue weighted by Gasteiger charge is 2.36. The molecule has 0 saturated heterocycles. The topological polar surface area (TPSA) is 38.0 Å². The molecular weight excluding hydrogens is 352 g/mol. The molecule has 3 unspecified atom stereocenters. The van der Waals surface area contributed by atoms with Gasteiger partial charge >= 0.3 is 0 Å². The monoisotopic (exact) mass is 382 g/mol. The van der Waals surface area contributed by atoms with E-state index in [1.54, 1.807) is 0 Å². The molecule has 0 aromatic heterocycles. The van der Waals surface area contributed by atoms with Crippen LogP contribution in [0.25, 0.3) is 5.57 Å². The van der Waals surface area contributed by atoms with Gasteiger partial charge in [0.2, 0.25) is 0 Å². The first kappa shape index (κ1) is 19.3. The summed E-state index contributed by atoms with van der Waals surface area (Å²) in [4.78, 5) is 0. The summed E-state index contributed by atoms with van der Waals surface area (Å²) in [5.74, 6) is 1.07. The molecule has 2 aromatic rings. The fraction of sp³-hybridized carbons (Fsp3) is 0.259. The zero-order valence-corrected chi connectivity index (χ0v) is 17.5. The maximum atomic E-state index is 6.85. The minimum Gasteiger partial charge on any atom is -0.400 e. The number of hydrogen-bond acceptors (Lipinski definition) is 2. The molecule has 29 heavy (non-hydrogen) atoms. The molecule has 0 fully saturated rings. The van der Waals surface area contributed by atoms with Crippen LogP contribution in [-0.4, -0.2) is 6.04 Å². The first-order valence-electron chi connectivity index (χ1n) is 10.5. The summed E-state index contributed by atoms with van der Waals surface area (Å²) >= 11 is 0. The quantitative estimate of drug-likeness (QED) is 0.703. The van der Waals surface area contributed by atoms with Gasteiger partial charge in [0.05, 0.1) is 6.04 Å². The number of benzene rings is 2. The van der Waals surface area contributed by atoms with Crippen molar-refractivity contribution in [3.05, 3.63) is 113 Å². The molecule has 0 amide bonds. The van der Waals surface area contributed by atoms with E-state index >= 15 is 0 Å². The molecule has 1 heterocycles. The molecule has 0 radical (unpaired) electrons. The van der Waals surface area contributed by atoms with E-state index in [4.69, 9.17) is 5.73 Å². The van der Waals surface area contributed by atoms with E-state index in [0.29, 0.717) is 17.8 Å². The smallest absolute Gasteiger partial charge is 0.0732 e. The fourth-order valence-electron chi connectivity index (χ4n) is 4.50. The Kier molecular flexibility index (Phi) is 5.44. The standard InChI is InChI=1S/C27H30N2/c1-18(2)16-24(20-10-6-4-7-11-20)22-14-15-23-25(21-12-8-5-9-13-21)17-19(3)29-27(23)26(22)28/h4-18,23,25,27,29H,28H2,1-3H3/b24-16-. The Labute approximate surface area is 174 Å². The van der Waals surface area contributed by atoms with Crippen LogP contribution in [0, 0.1) is 11.8 Å². The van der Waals surface area contributed by atoms with Gasteiger partial charge in [-0.05, 0) is 29.5 Å². The van der Waals surface area contributed by atoms with Crippen LogP contribution in [0.15, 0.2) is 102 Å². The largest absolute Gasteiger partial charge is 0.400 e. The molecule has 3 atom stereocenters. The molecule has 2 aliphatic rings. The summed E-state index contributed by atoms with van der Waals surface area (Å²) in [5.41, 5.74) is 13.9. The van der Waals surface area contributed by atoms with Gasteiger partial charge in [-0.1, -0.05) is 98.8 Å². The van der Waals surface area contributed by atoms with Gasteiger partial charge < -0.3 is 11.1 Å². The van der Waals surface area contributed by atoms with E-state index in [9.17, 15) is 0 Å². The number of hydrogen-bond donors (Lipinski definition) is 2. The van der Waals surface area contributed by atoms with Crippen LogP contribution < -0.4 is 11.1 Å². The second-order valence-electron chi connectivity index (χ2n) is 8.40. The number of rotatable bonds is 4. The number of allylic oxidation sites excluding steroid dienone is 6. The normalized spacial score (nSPS) is 24.2. The predicted molar refractivity (Wildman–Crippen MR) is 123 cm³/mol. The first-order chi connectivity index (χ1) is 14.0. The molecule has 1 aliphatic heterocycles. The molecule has 0 spiro atoms. The lowest BCUT2D eigenvalue weighted by molar-refractivity contribution is 0.417. The Morgan fingerprint density at radius 1 is 1.00 bits per heavy atom. The lowest BCUT2D eigenvalue weighted by atomic mass is 9.73. The molecule has 1 aliphatic carbocycles. The Morgan fingerprint density at radius 3 is 2.31 bits per heavy atom. The van der Waals surface area contributed by atoms with Crippen molar-refractivity contribution in [3.8, 4) is 0 Å². The fourth-order valence-corrected chi connectivity index (χ4v) is 4.50. The van der Waals surface area contributed by atoms with Crippen molar-refractivity contribution in [2.75, 3.05) is 0 Å². The van der Waals surface area contributed by atoms with Gasteiger partial charge in [-0.15, -0.1) is 0 Å². The average molecular weight is 383 g/mol. The summed E-state index contributed by atoms with van der Waals surface area (Å²) in [6, 6.07) is 21.4. The minimum atomic E-state index is 0.101. The van der Waals surface area contributed by atoms with Crippen LogP contribution in [0.5, 0.6) is 0 Å². The van der Waals surface area contributed by atoms with Crippen molar-refractivity contribution in [2.45, 2.75) is 32.7 Å². The molecule has 2 aromatic carbocycles. The molecule has 4 rings (SSSR count). The molecule has 3 N–H and O–H groups in total. The minimum absolute atomic E-state index is 0.101. The Bertz CT molecular complexity index is 978. The molecule has 0 bridgehead atoms. The van der Waals surface area contributed by atoms with Gasteiger partial charge in [-0.25, -0.2) is 0 Å². The van der Waals surface area contributed by atoms with Crippen LogP contribution in [-0.2, 0) is 0 Å². The van der Waals surface area contributed by atoms with Gasteiger partial charge in [0.1, 0.15) is 0 Å². The van der Waals surface area contributed by atoms with Crippen molar-refractivity contribution in [2.24, 2.45) is 17.6 Å². The van der Waals surface area contributed by atoms with Crippen LogP contribution in [0.3, 0.4) is 0 Å². The average Bonchev–Trinajstić information content (AvgIpc) is 2.74. The zero-order valence-electron chi connectivity index (χ0n) is 17.5. The summed E-state index contributed by atoms with van der Waals surface area (Å²) in [7, 11) is 0. The van der Waals surface area contributed by atoms with Crippen molar-refractivity contribution in [3.63, 3.8) is 0 Å². The third-order valence-electron chi connectivity index (χ3n) is 5.80. The molecule has 2 nitrogen and oxygen atoms in total. The third kappa shape index (κ3) is 3.93. The Morgan fingerprint density at radius 2 is 1.66 bits per heavy atom. The van der Waals surface area contributed by atoms with E-state index in [2.05, 4.69) is 111 Å². The molecule has 0 saturated carbocycles. The second kappa shape index (κ2) is 8.16. The van der Waals surface area contributed by atoms with Crippen molar-refractivity contribution >= 4 is 5.57 Å². The molecule has 148 valence electrons. The predicted octanol–water partition coefficient (Wildman–Crippen LogP) is 5.78. The summed E-state index contributed by atoms with van der Waals surface area (Å²) in [6.45, 7) is 6.57. The maximum Gasteiger partial charge on any atom is 0.0732 e. The van der Waals surface area contributed by atoms with Gasteiger partial charge in [0.15, 0.2) is 0 Å². The lowest BCUT2D eigenvalue weighted by Gasteiger charge is -2.40. The first-order valence-corrected chi connectivity index (χ1v) is 10.5. The second-order valence-corrected chi connectivity index (χ2v) is 8.40. The third-order valence-corrected chi connectivity index (χ3v) is 5.80.